The van der Waals surface area contributed by atoms with Crippen molar-refractivity contribution in [1.29, 1.82) is 0 Å². The number of H-pyrrole nitrogens is 1. The molecule has 0 aliphatic carbocycles. The van der Waals surface area contributed by atoms with Gasteiger partial charge in [-0.25, -0.2) is 4.39 Å². The second-order valence-electron chi connectivity index (χ2n) is 8.15. The van der Waals surface area contributed by atoms with Gasteiger partial charge < -0.3 is 15.2 Å². The number of hydrogen-bond donors (Lipinski definition) is 2. The van der Waals surface area contributed by atoms with E-state index in [1.807, 2.05) is 29.2 Å². The van der Waals surface area contributed by atoms with Crippen LogP contribution in [0, 0.1) is 5.82 Å². The van der Waals surface area contributed by atoms with E-state index >= 15 is 0 Å². The number of carbonyl (C=O) groups excluding carboxylic acids is 1. The molecule has 6 heteroatoms. The number of aromatic nitrogens is 2. The average Bonchev–Trinajstić information content (AvgIpc) is 3.19. The predicted octanol–water partition coefficient (Wildman–Crippen LogP) is 3.95. The monoisotopic (exact) mass is 404 g/mol. The first-order valence-electron chi connectivity index (χ1n) is 10.6. The number of benzene rings is 1. The highest BCUT2D eigenvalue weighted by Crippen LogP contribution is 2.37. The molecule has 0 spiro atoms. The van der Waals surface area contributed by atoms with Gasteiger partial charge in [0.25, 0.3) is 0 Å². The Morgan fingerprint density at radius 3 is 2.33 bits per heavy atom. The van der Waals surface area contributed by atoms with Crippen LogP contribution in [0.2, 0.25) is 0 Å². The zero-order valence-electron chi connectivity index (χ0n) is 16.8. The van der Waals surface area contributed by atoms with Crippen LogP contribution in [0.4, 0.5) is 4.39 Å². The van der Waals surface area contributed by atoms with Crippen LogP contribution in [-0.4, -0.2) is 46.5 Å². The topological polar surface area (TPSA) is 61.0 Å². The van der Waals surface area contributed by atoms with Gasteiger partial charge >= 0.3 is 0 Å². The molecular weight excluding hydrogens is 379 g/mol. The Hall–Kier alpha value is -2.99. The summed E-state index contributed by atoms with van der Waals surface area (Å²) in [6.45, 7) is 2.52. The number of rotatable bonds is 4. The number of pyridine rings is 1. The highest BCUT2D eigenvalue weighted by molar-refractivity contribution is 5.83. The Morgan fingerprint density at radius 2 is 1.70 bits per heavy atom. The summed E-state index contributed by atoms with van der Waals surface area (Å²) in [5, 5.41) is 3.21. The Bertz CT molecular complexity index is 1020. The van der Waals surface area contributed by atoms with Gasteiger partial charge in [0.2, 0.25) is 5.91 Å². The van der Waals surface area contributed by atoms with Crippen LogP contribution >= 0.6 is 0 Å². The maximum Gasteiger partial charge on any atom is 0.239 e. The van der Waals surface area contributed by atoms with Gasteiger partial charge in [-0.2, -0.15) is 0 Å². The SMILES string of the molecule is O=C([C@@H]1CCN1)N1CCC(c2cc(-c3ccncc3)c(-c3ccc(F)cc3)[nH]2)CC1. The quantitative estimate of drug-likeness (QED) is 0.692. The summed E-state index contributed by atoms with van der Waals surface area (Å²) in [4.78, 5) is 22.2. The van der Waals surface area contributed by atoms with Crippen molar-refractivity contribution in [3.05, 3.63) is 66.4 Å². The van der Waals surface area contributed by atoms with Crippen molar-refractivity contribution in [3.8, 4) is 22.4 Å². The first-order chi connectivity index (χ1) is 14.7. The number of carbonyl (C=O) groups is 1. The largest absolute Gasteiger partial charge is 0.358 e. The van der Waals surface area contributed by atoms with Crippen LogP contribution < -0.4 is 5.32 Å². The molecule has 30 heavy (non-hydrogen) atoms. The molecular formula is C24H25FN4O. The van der Waals surface area contributed by atoms with Crippen molar-refractivity contribution >= 4 is 5.91 Å². The summed E-state index contributed by atoms with van der Waals surface area (Å²) in [6, 6.07) is 12.8. The smallest absolute Gasteiger partial charge is 0.239 e. The summed E-state index contributed by atoms with van der Waals surface area (Å²) in [7, 11) is 0. The Morgan fingerprint density at radius 1 is 1.00 bits per heavy atom. The van der Waals surface area contributed by atoms with E-state index < -0.39 is 0 Å². The normalized spacial score (nSPS) is 19.5. The first-order valence-corrected chi connectivity index (χ1v) is 10.6. The molecule has 2 fully saturated rings. The van der Waals surface area contributed by atoms with E-state index in [0.717, 1.165) is 61.3 Å². The lowest BCUT2D eigenvalue weighted by Crippen LogP contribution is -2.55. The van der Waals surface area contributed by atoms with E-state index in [-0.39, 0.29) is 17.8 Å². The molecule has 1 aromatic carbocycles. The van der Waals surface area contributed by atoms with Crippen LogP contribution in [-0.2, 0) is 4.79 Å². The van der Waals surface area contributed by atoms with Crippen LogP contribution in [0.25, 0.3) is 22.4 Å². The minimum absolute atomic E-state index is 0.0235. The third kappa shape index (κ3) is 3.63. The molecule has 0 radical (unpaired) electrons. The Labute approximate surface area is 175 Å². The van der Waals surface area contributed by atoms with Crippen molar-refractivity contribution in [3.63, 3.8) is 0 Å². The van der Waals surface area contributed by atoms with Crippen LogP contribution in [0.15, 0.2) is 54.9 Å². The molecule has 0 unspecified atom stereocenters. The molecule has 2 aliphatic rings. The van der Waals surface area contributed by atoms with Crippen molar-refractivity contribution in [2.75, 3.05) is 19.6 Å². The van der Waals surface area contributed by atoms with E-state index in [4.69, 9.17) is 0 Å². The summed E-state index contributed by atoms with van der Waals surface area (Å²) in [5.41, 5.74) is 5.30. The third-order valence-corrected chi connectivity index (χ3v) is 6.33. The molecule has 5 rings (SSSR count). The van der Waals surface area contributed by atoms with E-state index in [1.54, 1.807) is 12.4 Å². The van der Waals surface area contributed by atoms with Gasteiger partial charge in [0.15, 0.2) is 0 Å². The van der Waals surface area contributed by atoms with Gasteiger partial charge in [-0.1, -0.05) is 0 Å². The number of nitrogens with zero attached hydrogens (tertiary/aromatic N) is 2. The zero-order valence-corrected chi connectivity index (χ0v) is 16.8. The Kier molecular flexibility index (Phi) is 5.09. The maximum atomic E-state index is 13.5. The molecule has 2 N–H and O–H groups in total. The fourth-order valence-electron chi connectivity index (χ4n) is 4.43. The maximum absolute atomic E-state index is 13.5. The van der Waals surface area contributed by atoms with Crippen molar-refractivity contribution in [2.45, 2.75) is 31.2 Å². The van der Waals surface area contributed by atoms with Crippen molar-refractivity contribution in [2.24, 2.45) is 0 Å². The fourth-order valence-corrected chi connectivity index (χ4v) is 4.43. The zero-order chi connectivity index (χ0) is 20.5. The average molecular weight is 404 g/mol. The van der Waals surface area contributed by atoms with Crippen LogP contribution in [0.1, 0.15) is 30.9 Å². The highest BCUT2D eigenvalue weighted by atomic mass is 19.1. The molecule has 0 saturated carbocycles. The number of amides is 1. The van der Waals surface area contributed by atoms with E-state index in [1.165, 1.54) is 17.8 Å². The molecule has 154 valence electrons. The van der Waals surface area contributed by atoms with Crippen molar-refractivity contribution in [1.82, 2.24) is 20.2 Å². The minimum Gasteiger partial charge on any atom is -0.358 e. The Balaban J connectivity index is 1.40. The molecule has 2 aliphatic heterocycles. The van der Waals surface area contributed by atoms with Gasteiger partial charge in [-0.05, 0) is 79.4 Å². The van der Waals surface area contributed by atoms with Gasteiger partial charge in [0.05, 0.1) is 11.7 Å². The number of hydrogen-bond acceptors (Lipinski definition) is 3. The number of piperidine rings is 1. The number of likely N-dealkylation sites (tertiary alicyclic amines) is 1. The van der Waals surface area contributed by atoms with E-state index in [2.05, 4.69) is 21.4 Å². The second kappa shape index (κ2) is 8.03. The summed E-state index contributed by atoms with van der Waals surface area (Å²) in [6.07, 6.45) is 6.41. The van der Waals surface area contributed by atoms with Crippen LogP contribution in [0.5, 0.6) is 0 Å². The number of halogens is 1. The van der Waals surface area contributed by atoms with Gasteiger partial charge in [0.1, 0.15) is 5.82 Å². The standard InChI is InChI=1S/C24H25FN4O/c25-19-3-1-18(2-4-19)23-20(16-5-10-26-11-6-16)15-22(28-23)17-8-13-29(14-9-17)24(30)21-7-12-27-21/h1-6,10-11,15,17,21,27-28H,7-9,12-14H2/t21-/m0/s1. The third-order valence-electron chi connectivity index (χ3n) is 6.33. The summed E-state index contributed by atoms with van der Waals surface area (Å²) < 4.78 is 13.5. The molecule has 5 nitrogen and oxygen atoms in total. The van der Waals surface area contributed by atoms with Gasteiger partial charge in [0, 0.05) is 42.7 Å². The summed E-state index contributed by atoms with van der Waals surface area (Å²) >= 11 is 0. The molecule has 2 aromatic heterocycles. The predicted molar refractivity (Wildman–Crippen MR) is 114 cm³/mol. The van der Waals surface area contributed by atoms with Gasteiger partial charge in [-0.15, -0.1) is 0 Å². The minimum atomic E-state index is -0.242. The fraction of sp³-hybridized carbons (Fsp3) is 0.333. The molecule has 4 heterocycles. The van der Waals surface area contributed by atoms with Gasteiger partial charge in [-0.3, -0.25) is 9.78 Å². The second-order valence-corrected chi connectivity index (χ2v) is 8.15. The molecule has 2 saturated heterocycles. The first kappa shape index (κ1) is 19.0. The number of nitrogens with one attached hydrogen (secondary N) is 2. The van der Waals surface area contributed by atoms with E-state index in [0.29, 0.717) is 5.92 Å². The molecule has 1 amide bonds. The lowest BCUT2D eigenvalue weighted by molar-refractivity contribution is -0.136. The summed E-state index contributed by atoms with van der Waals surface area (Å²) in [5.74, 6) is 0.378. The van der Waals surface area contributed by atoms with Crippen LogP contribution in [0.3, 0.4) is 0 Å². The lowest BCUT2D eigenvalue weighted by atomic mass is 9.92. The molecule has 1 atom stereocenters. The lowest BCUT2D eigenvalue weighted by Gasteiger charge is -2.37. The number of aromatic amines is 1. The van der Waals surface area contributed by atoms with Crippen molar-refractivity contribution < 1.29 is 9.18 Å². The molecule has 3 aromatic rings. The highest BCUT2D eigenvalue weighted by Gasteiger charge is 2.32. The van der Waals surface area contributed by atoms with E-state index in [9.17, 15) is 9.18 Å². The molecule has 0 bridgehead atoms.